The lowest BCUT2D eigenvalue weighted by molar-refractivity contribution is -0.145. The van der Waals surface area contributed by atoms with Gasteiger partial charge < -0.3 is 18.9 Å². The van der Waals surface area contributed by atoms with Crippen molar-refractivity contribution in [2.24, 2.45) is 0 Å². The van der Waals surface area contributed by atoms with Crippen molar-refractivity contribution in [2.45, 2.75) is 25.0 Å². The van der Waals surface area contributed by atoms with E-state index in [1.54, 1.807) is 0 Å². The van der Waals surface area contributed by atoms with Gasteiger partial charge in [0.2, 0.25) is 12.2 Å². The van der Waals surface area contributed by atoms with E-state index in [4.69, 9.17) is 18.9 Å². The van der Waals surface area contributed by atoms with E-state index in [0.717, 1.165) is 0 Å². The van der Waals surface area contributed by atoms with Gasteiger partial charge in [-0.25, -0.2) is 24.2 Å². The molecule has 2 aliphatic heterocycles. The van der Waals surface area contributed by atoms with Gasteiger partial charge in [-0.15, -0.1) is 0 Å². The van der Waals surface area contributed by atoms with E-state index in [0.29, 0.717) is 0 Å². The second-order valence-corrected chi connectivity index (χ2v) is 5.11. The van der Waals surface area contributed by atoms with Gasteiger partial charge in [-0.3, -0.25) is 0 Å². The van der Waals surface area contributed by atoms with Crippen LogP contribution in [0, 0.1) is 0 Å². The van der Waals surface area contributed by atoms with Gasteiger partial charge in [-0.1, -0.05) is 6.07 Å². The Labute approximate surface area is 135 Å². The molecule has 3 heterocycles. The average Bonchev–Trinajstić information content (AvgIpc) is 3.16. The summed E-state index contributed by atoms with van der Waals surface area (Å²) in [5.41, 5.74) is -0.309. The predicted octanol–water partition coefficient (Wildman–Crippen LogP) is 0.0262. The zero-order valence-electron chi connectivity index (χ0n) is 12.4. The number of esters is 4. The van der Waals surface area contributed by atoms with E-state index in [1.807, 2.05) is 0 Å². The molecule has 24 heavy (non-hydrogen) atoms. The Morgan fingerprint density at radius 1 is 0.917 bits per heavy atom. The van der Waals surface area contributed by atoms with Crippen LogP contribution in [-0.2, 0) is 28.5 Å². The molecular formula is C15H13NO8. The van der Waals surface area contributed by atoms with E-state index >= 15 is 0 Å². The van der Waals surface area contributed by atoms with Crippen LogP contribution in [0.3, 0.4) is 0 Å². The van der Waals surface area contributed by atoms with Crippen LogP contribution in [0.1, 0.15) is 33.8 Å². The minimum absolute atomic E-state index is 0.154. The molecule has 126 valence electrons. The fraction of sp³-hybridized carbons (Fsp3) is 0.400. The maximum Gasteiger partial charge on any atom is 0.357 e. The van der Waals surface area contributed by atoms with Crippen LogP contribution in [0.4, 0.5) is 0 Å². The molecule has 1 aromatic heterocycles. The first-order chi connectivity index (χ1) is 11.5. The summed E-state index contributed by atoms with van der Waals surface area (Å²) in [5.74, 6) is -2.93. The molecule has 0 saturated carbocycles. The molecule has 2 aliphatic rings. The number of carbonyl (C=O) groups is 4. The van der Waals surface area contributed by atoms with Crippen molar-refractivity contribution in [1.82, 2.24) is 4.98 Å². The highest BCUT2D eigenvalue weighted by Gasteiger charge is 2.32. The first-order valence-electron chi connectivity index (χ1n) is 7.27. The van der Waals surface area contributed by atoms with Gasteiger partial charge in [-0.05, 0) is 12.1 Å². The molecule has 0 unspecified atom stereocenters. The Morgan fingerprint density at radius 3 is 1.75 bits per heavy atom. The number of hydrogen-bond donors (Lipinski definition) is 0. The highest BCUT2D eigenvalue weighted by atomic mass is 16.6. The highest BCUT2D eigenvalue weighted by molar-refractivity contribution is 5.93. The predicted molar refractivity (Wildman–Crippen MR) is 73.8 cm³/mol. The van der Waals surface area contributed by atoms with Crippen molar-refractivity contribution in [3.8, 4) is 0 Å². The Morgan fingerprint density at radius 2 is 1.38 bits per heavy atom. The third-order valence-corrected chi connectivity index (χ3v) is 3.44. The highest BCUT2D eigenvalue weighted by Crippen LogP contribution is 2.15. The van der Waals surface area contributed by atoms with Crippen LogP contribution in [0.15, 0.2) is 18.2 Å². The number of ether oxygens (including phenoxy) is 4. The molecule has 0 aliphatic carbocycles. The van der Waals surface area contributed by atoms with Gasteiger partial charge in [0.25, 0.3) is 0 Å². The Kier molecular flexibility index (Phi) is 4.41. The van der Waals surface area contributed by atoms with Gasteiger partial charge in [-0.2, -0.15) is 0 Å². The minimum Gasteiger partial charge on any atom is -0.463 e. The number of cyclic esters (lactones) is 2. The second-order valence-electron chi connectivity index (χ2n) is 5.11. The van der Waals surface area contributed by atoms with Crippen LogP contribution in [0.2, 0.25) is 0 Å². The van der Waals surface area contributed by atoms with E-state index in [1.165, 1.54) is 18.2 Å². The maximum atomic E-state index is 12.0. The van der Waals surface area contributed by atoms with Crippen LogP contribution >= 0.6 is 0 Å². The van der Waals surface area contributed by atoms with E-state index in [-0.39, 0.29) is 37.4 Å². The summed E-state index contributed by atoms with van der Waals surface area (Å²) in [6.45, 7) is 0.377. The molecule has 0 N–H and O–H groups in total. The first kappa shape index (κ1) is 15.9. The van der Waals surface area contributed by atoms with Crippen molar-refractivity contribution in [3.05, 3.63) is 29.6 Å². The first-order valence-corrected chi connectivity index (χ1v) is 7.27. The maximum absolute atomic E-state index is 12.0. The molecule has 2 atom stereocenters. The number of aromatic nitrogens is 1. The third-order valence-electron chi connectivity index (χ3n) is 3.44. The molecule has 9 nitrogen and oxygen atoms in total. The lowest BCUT2D eigenvalue weighted by Gasteiger charge is -2.10. The summed E-state index contributed by atoms with van der Waals surface area (Å²) in [7, 11) is 0. The molecule has 0 bridgehead atoms. The zero-order valence-corrected chi connectivity index (χ0v) is 12.4. The molecule has 0 aromatic carbocycles. The van der Waals surface area contributed by atoms with Crippen LogP contribution in [0.25, 0.3) is 0 Å². The lowest BCUT2D eigenvalue weighted by Crippen LogP contribution is -2.25. The topological polar surface area (TPSA) is 118 Å². The summed E-state index contributed by atoms with van der Waals surface area (Å²) in [5, 5.41) is 0. The summed E-state index contributed by atoms with van der Waals surface area (Å²) in [4.78, 5) is 50.5. The normalized spacial score (nSPS) is 22.7. The number of carbonyl (C=O) groups excluding carboxylic acids is 4. The van der Waals surface area contributed by atoms with Gasteiger partial charge in [0.05, 0.1) is 13.2 Å². The average molecular weight is 335 g/mol. The summed E-state index contributed by atoms with van der Waals surface area (Å²) < 4.78 is 19.4. The minimum atomic E-state index is -0.969. The lowest BCUT2D eigenvalue weighted by atomic mass is 10.2. The Bertz CT molecular complexity index is 645. The smallest absolute Gasteiger partial charge is 0.357 e. The standard InChI is InChI=1S/C15H13NO8/c17-12(23-10-4-6-21-14(10)19)8-2-1-3-9(16-8)13(18)24-11-5-7-22-15(11)20/h1-3,10-11H,4-7H2/t10-,11+. The van der Waals surface area contributed by atoms with Gasteiger partial charge in [0.15, 0.2) is 0 Å². The second kappa shape index (κ2) is 6.65. The van der Waals surface area contributed by atoms with E-state index in [9.17, 15) is 19.2 Å². The summed E-state index contributed by atoms with van der Waals surface area (Å²) in [6.07, 6.45) is -1.39. The molecule has 0 spiro atoms. The number of nitrogens with zero attached hydrogens (tertiary/aromatic N) is 1. The summed E-state index contributed by atoms with van der Waals surface area (Å²) >= 11 is 0. The Hall–Kier alpha value is -2.97. The number of hydrogen-bond acceptors (Lipinski definition) is 9. The number of rotatable bonds is 4. The molecule has 3 rings (SSSR count). The van der Waals surface area contributed by atoms with E-state index < -0.39 is 36.1 Å². The molecule has 1 aromatic rings. The van der Waals surface area contributed by atoms with E-state index in [2.05, 4.69) is 4.98 Å². The molecule has 0 amide bonds. The van der Waals surface area contributed by atoms with Crippen molar-refractivity contribution in [3.63, 3.8) is 0 Å². The molecular weight excluding hydrogens is 322 g/mol. The molecule has 2 fully saturated rings. The van der Waals surface area contributed by atoms with Crippen LogP contribution in [0.5, 0.6) is 0 Å². The van der Waals surface area contributed by atoms with Gasteiger partial charge in [0.1, 0.15) is 11.4 Å². The van der Waals surface area contributed by atoms with Crippen molar-refractivity contribution in [1.29, 1.82) is 0 Å². The third kappa shape index (κ3) is 3.34. The SMILES string of the molecule is O=C(O[C@H]1CCOC1=O)c1cccc(C(=O)O[C@@H]2CCOC2=O)n1. The van der Waals surface area contributed by atoms with Crippen LogP contribution < -0.4 is 0 Å². The number of pyridine rings is 1. The van der Waals surface area contributed by atoms with Crippen molar-refractivity contribution >= 4 is 23.9 Å². The van der Waals surface area contributed by atoms with Gasteiger partial charge in [0, 0.05) is 12.8 Å². The molecule has 2 saturated heterocycles. The Balaban J connectivity index is 1.66. The molecule has 0 radical (unpaired) electrons. The van der Waals surface area contributed by atoms with Gasteiger partial charge >= 0.3 is 23.9 Å². The van der Waals surface area contributed by atoms with Crippen LogP contribution in [-0.4, -0.2) is 54.3 Å². The molecule has 9 heteroatoms. The quantitative estimate of drug-likeness (QED) is 0.554. The fourth-order valence-electron chi connectivity index (χ4n) is 2.21. The zero-order chi connectivity index (χ0) is 17.1. The monoisotopic (exact) mass is 335 g/mol. The largest absolute Gasteiger partial charge is 0.463 e. The van der Waals surface area contributed by atoms with Crippen molar-refractivity contribution in [2.75, 3.05) is 13.2 Å². The fourth-order valence-corrected chi connectivity index (χ4v) is 2.21. The summed E-state index contributed by atoms with van der Waals surface area (Å²) in [6, 6.07) is 4.09. The van der Waals surface area contributed by atoms with Crippen molar-refractivity contribution < 1.29 is 38.1 Å².